The van der Waals surface area contributed by atoms with Gasteiger partial charge in [-0.1, -0.05) is 18.2 Å². The molecule has 0 saturated carbocycles. The molecule has 1 unspecified atom stereocenters. The number of nitrogens with zero attached hydrogens (tertiary/aromatic N) is 1. The van der Waals surface area contributed by atoms with Crippen LogP contribution in [0.4, 0.5) is 4.79 Å². The van der Waals surface area contributed by atoms with E-state index in [1.165, 1.54) is 5.56 Å². The summed E-state index contributed by atoms with van der Waals surface area (Å²) in [6.45, 7) is 1.12. The Morgan fingerprint density at radius 3 is 3.05 bits per heavy atom. The number of carbonyl (C=O) groups excluding carboxylic acids is 1. The molecule has 2 heterocycles. The molecule has 0 aliphatic carbocycles. The number of para-hydroxylation sites is 1. The summed E-state index contributed by atoms with van der Waals surface area (Å²) in [4.78, 5) is 15.0. The van der Waals surface area contributed by atoms with Crippen molar-refractivity contribution in [3.05, 3.63) is 50.6 Å². The van der Waals surface area contributed by atoms with Crippen molar-refractivity contribution in [1.29, 1.82) is 0 Å². The van der Waals surface area contributed by atoms with Crippen molar-refractivity contribution in [2.24, 2.45) is 0 Å². The summed E-state index contributed by atoms with van der Waals surface area (Å²) in [5, 5.41) is 4.96. The third-order valence-electron chi connectivity index (χ3n) is 3.56. The predicted molar refractivity (Wildman–Crippen MR) is 91.4 cm³/mol. The van der Waals surface area contributed by atoms with Gasteiger partial charge in [0.2, 0.25) is 0 Å². The van der Waals surface area contributed by atoms with Crippen LogP contribution in [0.3, 0.4) is 0 Å². The molecular weight excluding hydrogens is 364 g/mol. The summed E-state index contributed by atoms with van der Waals surface area (Å²) in [5.41, 5.74) is 1.21. The largest absolute Gasteiger partial charge is 0.488 e. The summed E-state index contributed by atoms with van der Waals surface area (Å²) in [6, 6.07) is 9.97. The molecule has 1 aliphatic rings. The standard InChI is InChI=1S/C16H17BrN2O2S/c1-19(9-14-7-12(17)10-22-14)16(20)18-8-13-6-11-4-2-3-5-15(11)21-13/h2-5,7,10,13H,6,8-9H2,1H3,(H,18,20). The van der Waals surface area contributed by atoms with Crippen molar-refractivity contribution in [2.75, 3.05) is 13.6 Å². The van der Waals surface area contributed by atoms with Crippen molar-refractivity contribution < 1.29 is 9.53 Å². The molecule has 3 rings (SSSR count). The zero-order valence-corrected chi connectivity index (χ0v) is 14.6. The lowest BCUT2D eigenvalue weighted by atomic mass is 10.1. The summed E-state index contributed by atoms with van der Waals surface area (Å²) >= 11 is 5.06. The van der Waals surface area contributed by atoms with E-state index in [9.17, 15) is 4.79 Å². The quantitative estimate of drug-likeness (QED) is 0.879. The minimum Gasteiger partial charge on any atom is -0.488 e. The second-order valence-corrected chi connectivity index (χ2v) is 7.24. The van der Waals surface area contributed by atoms with E-state index in [0.717, 1.165) is 21.5 Å². The van der Waals surface area contributed by atoms with Gasteiger partial charge in [-0.15, -0.1) is 11.3 Å². The molecule has 2 amide bonds. The summed E-state index contributed by atoms with van der Waals surface area (Å²) < 4.78 is 6.88. The Kier molecular flexibility index (Phi) is 4.69. The monoisotopic (exact) mass is 380 g/mol. The molecule has 0 spiro atoms. The third-order valence-corrected chi connectivity index (χ3v) is 5.24. The number of carbonyl (C=O) groups is 1. The highest BCUT2D eigenvalue weighted by Crippen LogP contribution is 2.27. The van der Waals surface area contributed by atoms with E-state index in [1.807, 2.05) is 29.6 Å². The minimum atomic E-state index is -0.0796. The number of benzene rings is 1. The van der Waals surface area contributed by atoms with Gasteiger partial charge < -0.3 is 15.0 Å². The fourth-order valence-electron chi connectivity index (χ4n) is 2.45. The average Bonchev–Trinajstić information content (AvgIpc) is 3.10. The Morgan fingerprint density at radius 2 is 2.32 bits per heavy atom. The maximum Gasteiger partial charge on any atom is 0.317 e. The normalized spacial score (nSPS) is 16.0. The first-order valence-corrected chi connectivity index (χ1v) is 8.75. The number of halogens is 1. The molecule has 0 saturated heterocycles. The Balaban J connectivity index is 1.47. The van der Waals surface area contributed by atoms with Crippen molar-refractivity contribution in [3.8, 4) is 5.75 Å². The molecule has 0 radical (unpaired) electrons. The lowest BCUT2D eigenvalue weighted by molar-refractivity contribution is 0.191. The number of hydrogen-bond acceptors (Lipinski definition) is 3. The van der Waals surface area contributed by atoms with Gasteiger partial charge in [0.05, 0.1) is 13.1 Å². The van der Waals surface area contributed by atoms with Gasteiger partial charge in [0, 0.05) is 28.2 Å². The summed E-state index contributed by atoms with van der Waals surface area (Å²) in [5.74, 6) is 0.929. The minimum absolute atomic E-state index is 0.0191. The molecule has 0 fully saturated rings. The van der Waals surface area contributed by atoms with E-state index in [4.69, 9.17) is 4.74 Å². The molecule has 6 heteroatoms. The van der Waals surface area contributed by atoms with E-state index in [0.29, 0.717) is 13.1 Å². The SMILES string of the molecule is CN(Cc1cc(Br)cs1)C(=O)NCC1Cc2ccccc2O1. The van der Waals surface area contributed by atoms with Gasteiger partial charge in [-0.3, -0.25) is 0 Å². The lowest BCUT2D eigenvalue weighted by Gasteiger charge is -2.19. The lowest BCUT2D eigenvalue weighted by Crippen LogP contribution is -2.41. The number of rotatable bonds is 4. The number of thiophene rings is 1. The van der Waals surface area contributed by atoms with Gasteiger partial charge in [0.25, 0.3) is 0 Å². The maximum atomic E-state index is 12.1. The fourth-order valence-corrected chi connectivity index (χ4v) is 3.95. The van der Waals surface area contributed by atoms with E-state index in [-0.39, 0.29) is 12.1 Å². The van der Waals surface area contributed by atoms with Gasteiger partial charge in [-0.05, 0) is 33.6 Å². The number of hydrogen-bond donors (Lipinski definition) is 1. The Morgan fingerprint density at radius 1 is 1.50 bits per heavy atom. The Labute approximate surface area is 142 Å². The van der Waals surface area contributed by atoms with E-state index in [1.54, 1.807) is 23.3 Å². The molecule has 1 aromatic heterocycles. The Hall–Kier alpha value is -1.53. The average molecular weight is 381 g/mol. The summed E-state index contributed by atoms with van der Waals surface area (Å²) in [6.07, 6.45) is 0.864. The van der Waals surface area contributed by atoms with Crippen molar-refractivity contribution >= 4 is 33.3 Å². The van der Waals surface area contributed by atoms with E-state index in [2.05, 4.69) is 27.3 Å². The smallest absolute Gasteiger partial charge is 0.317 e. The second-order valence-electron chi connectivity index (χ2n) is 5.33. The number of fused-ring (bicyclic) bond motifs is 1. The zero-order chi connectivity index (χ0) is 15.5. The molecule has 1 aliphatic heterocycles. The zero-order valence-electron chi connectivity index (χ0n) is 12.2. The third kappa shape index (κ3) is 3.62. The fraction of sp³-hybridized carbons (Fsp3) is 0.312. The topological polar surface area (TPSA) is 41.6 Å². The first kappa shape index (κ1) is 15.4. The molecule has 4 nitrogen and oxygen atoms in total. The van der Waals surface area contributed by atoms with Gasteiger partial charge in [0.15, 0.2) is 0 Å². The van der Waals surface area contributed by atoms with Crippen LogP contribution >= 0.6 is 27.3 Å². The van der Waals surface area contributed by atoms with Gasteiger partial charge in [-0.25, -0.2) is 4.79 Å². The highest BCUT2D eigenvalue weighted by atomic mass is 79.9. The van der Waals surface area contributed by atoms with Crippen molar-refractivity contribution in [3.63, 3.8) is 0 Å². The van der Waals surface area contributed by atoms with Crippen LogP contribution in [0.15, 0.2) is 40.2 Å². The van der Waals surface area contributed by atoms with Gasteiger partial charge >= 0.3 is 6.03 Å². The van der Waals surface area contributed by atoms with Crippen LogP contribution in [-0.4, -0.2) is 30.6 Å². The molecule has 1 atom stereocenters. The number of urea groups is 1. The van der Waals surface area contributed by atoms with Crippen LogP contribution < -0.4 is 10.1 Å². The molecule has 1 N–H and O–H groups in total. The second kappa shape index (κ2) is 6.71. The highest BCUT2D eigenvalue weighted by molar-refractivity contribution is 9.10. The number of nitrogens with one attached hydrogen (secondary N) is 1. The predicted octanol–water partition coefficient (Wildman–Crippen LogP) is 3.66. The van der Waals surface area contributed by atoms with Gasteiger partial charge in [0.1, 0.15) is 11.9 Å². The Bertz CT molecular complexity index is 649. The molecular formula is C16H17BrN2O2S. The van der Waals surface area contributed by atoms with Crippen LogP contribution in [0.2, 0.25) is 0 Å². The van der Waals surface area contributed by atoms with Gasteiger partial charge in [-0.2, -0.15) is 0 Å². The van der Waals surface area contributed by atoms with E-state index < -0.39 is 0 Å². The van der Waals surface area contributed by atoms with E-state index >= 15 is 0 Å². The van der Waals surface area contributed by atoms with Crippen LogP contribution in [0.25, 0.3) is 0 Å². The first-order chi connectivity index (χ1) is 10.6. The van der Waals surface area contributed by atoms with Crippen LogP contribution in [0.1, 0.15) is 10.4 Å². The number of amides is 2. The molecule has 116 valence electrons. The van der Waals surface area contributed by atoms with Crippen LogP contribution in [0.5, 0.6) is 5.75 Å². The molecule has 2 aromatic rings. The number of ether oxygens (including phenoxy) is 1. The molecule has 1 aromatic carbocycles. The van der Waals surface area contributed by atoms with Crippen LogP contribution in [-0.2, 0) is 13.0 Å². The molecule has 0 bridgehead atoms. The van der Waals surface area contributed by atoms with Crippen LogP contribution in [0, 0.1) is 0 Å². The van der Waals surface area contributed by atoms with Crippen molar-refractivity contribution in [1.82, 2.24) is 10.2 Å². The first-order valence-electron chi connectivity index (χ1n) is 7.08. The highest BCUT2D eigenvalue weighted by Gasteiger charge is 2.23. The van der Waals surface area contributed by atoms with Crippen molar-refractivity contribution in [2.45, 2.75) is 19.1 Å². The summed E-state index contributed by atoms with van der Waals surface area (Å²) in [7, 11) is 1.80. The molecule has 22 heavy (non-hydrogen) atoms. The maximum absolute atomic E-state index is 12.1.